The van der Waals surface area contributed by atoms with Gasteiger partial charge in [0.25, 0.3) is 0 Å². The Bertz CT molecular complexity index is 3100. The molecule has 3 aromatic rings. The standard InChI is InChI=1S/C26H36O7.C25H34O7.C24H32O7/c1-2-19(33-26(30)16-8-10-31-11-9-16)6-7-20-21-12-17-4-3-5-24(32-15-25(28)29)22(17)13-18(21)14-23(20)27;1-2-18(32-25(29)16-8-9-30-13-16)6-7-19-20-10-15-4-3-5-23(31-14-24(27)28)21(15)11-17(20)12-22(19)26;1-2-17(31-24(28)16-11-29-12-16)6-7-18-19-8-14-4-3-5-22(30-13-23(26)27)20(14)9-15(19)10-21(18)25/h3-5,16,18-21,23,27H,2,6-15H2,1H3,(H,28,29);3-5,16-20,22,26H,2,6-14H2,1H3,(H,27,28);3-5,15-19,21,25H,2,6-13H2,1H3,(H,26,27)/t18-,19-,20+,21-,23+;16?,17-,18-,19+,20-,22+;15-,17-,18+,19-,21+/m000/s1. The second-order valence-corrected chi connectivity index (χ2v) is 28.4. The number of aliphatic hydroxyl groups excluding tert-OH is 3. The second-order valence-electron chi connectivity index (χ2n) is 28.4. The highest BCUT2D eigenvalue weighted by atomic mass is 16.6. The maximum Gasteiger partial charge on any atom is 0.341 e. The highest BCUT2D eigenvalue weighted by Crippen LogP contribution is 2.52. The van der Waals surface area contributed by atoms with E-state index in [1.54, 1.807) is 0 Å². The lowest BCUT2D eigenvalue weighted by Crippen LogP contribution is -2.38. The summed E-state index contributed by atoms with van der Waals surface area (Å²) in [6, 6.07) is 17.5. The van der Waals surface area contributed by atoms with Crippen molar-refractivity contribution in [2.75, 3.05) is 59.5 Å². The summed E-state index contributed by atoms with van der Waals surface area (Å²) in [7, 11) is 0. The Morgan fingerprint density at radius 1 is 0.427 bits per heavy atom. The first kappa shape index (κ1) is 72.4. The van der Waals surface area contributed by atoms with Crippen LogP contribution in [0.15, 0.2) is 54.6 Å². The van der Waals surface area contributed by atoms with Crippen LogP contribution in [0.25, 0.3) is 0 Å². The van der Waals surface area contributed by atoms with E-state index in [1.165, 1.54) is 16.7 Å². The molecule has 528 valence electrons. The van der Waals surface area contributed by atoms with E-state index in [0.717, 1.165) is 152 Å². The zero-order valence-electron chi connectivity index (χ0n) is 56.1. The molecular formula is C75H102O21. The molecular weight excluding hydrogens is 1240 g/mol. The van der Waals surface area contributed by atoms with Gasteiger partial charge in [-0.1, -0.05) is 57.2 Å². The van der Waals surface area contributed by atoms with E-state index in [4.69, 9.17) is 58.0 Å². The van der Waals surface area contributed by atoms with Crippen molar-refractivity contribution in [3.8, 4) is 17.2 Å². The Hall–Kier alpha value is -6.36. The number of carbonyl (C=O) groups is 6. The number of carboxylic acids is 3. The van der Waals surface area contributed by atoms with Crippen LogP contribution >= 0.6 is 0 Å². The maximum absolute atomic E-state index is 12.5. The fraction of sp³-hybridized carbons (Fsp3) is 0.680. The van der Waals surface area contributed by atoms with Crippen molar-refractivity contribution >= 4 is 35.8 Å². The van der Waals surface area contributed by atoms with Crippen molar-refractivity contribution in [2.45, 2.75) is 192 Å². The van der Waals surface area contributed by atoms with Crippen LogP contribution in [0.2, 0.25) is 0 Å². The number of benzene rings is 3. The molecule has 96 heavy (non-hydrogen) atoms. The van der Waals surface area contributed by atoms with Gasteiger partial charge in [0.2, 0.25) is 0 Å². The van der Waals surface area contributed by atoms with Crippen LogP contribution < -0.4 is 14.2 Å². The number of carbonyl (C=O) groups excluding carboxylic acids is 3. The van der Waals surface area contributed by atoms with Gasteiger partial charge in [0.05, 0.1) is 50.0 Å². The van der Waals surface area contributed by atoms with Crippen LogP contribution in [0.4, 0.5) is 0 Å². The molecule has 3 heterocycles. The fourth-order valence-corrected chi connectivity index (χ4v) is 17.2. The van der Waals surface area contributed by atoms with Crippen LogP contribution in [0.1, 0.15) is 150 Å². The predicted octanol–water partition coefficient (Wildman–Crippen LogP) is 9.00. The number of fused-ring (bicyclic) bond motifs is 6. The summed E-state index contributed by atoms with van der Waals surface area (Å²) in [4.78, 5) is 69.8. The van der Waals surface area contributed by atoms with Crippen LogP contribution in [-0.4, -0.2) is 163 Å². The largest absolute Gasteiger partial charge is 0.482 e. The van der Waals surface area contributed by atoms with Gasteiger partial charge in [-0.3, -0.25) is 14.4 Å². The molecule has 9 aliphatic rings. The van der Waals surface area contributed by atoms with Gasteiger partial charge in [-0.25, -0.2) is 14.4 Å². The lowest BCUT2D eigenvalue weighted by Gasteiger charge is -2.33. The molecule has 0 bridgehead atoms. The number of aliphatic carboxylic acids is 3. The molecule has 3 aromatic carbocycles. The van der Waals surface area contributed by atoms with Gasteiger partial charge in [-0.2, -0.15) is 0 Å². The van der Waals surface area contributed by atoms with Crippen molar-refractivity contribution < 1.29 is 102 Å². The number of esters is 3. The minimum absolute atomic E-state index is 0.0540. The van der Waals surface area contributed by atoms with Crippen LogP contribution in [0.5, 0.6) is 17.2 Å². The monoisotopic (exact) mass is 1340 g/mol. The van der Waals surface area contributed by atoms with Crippen LogP contribution in [0.3, 0.4) is 0 Å². The first-order chi connectivity index (χ1) is 46.4. The SMILES string of the molecule is CC[C@@H](CC[C@@H]1[C@H]2Cc3cccc(OCC(=O)O)c3C[C@H]2C[C@H]1O)OC(=O)C1CCOC1.CC[C@@H](CC[C@@H]1[C@H]2Cc3cccc(OCC(=O)O)c3C[C@H]2C[C@H]1O)OC(=O)C1CCOCC1.CC[C@@H](CC[C@@H]1[C@H]2Cc3cccc(OCC(=O)O)c3C[C@H]2C[C@H]1O)OC(=O)C1COC1. The van der Waals surface area contributed by atoms with E-state index in [2.05, 4.69) is 18.2 Å². The van der Waals surface area contributed by atoms with Crippen LogP contribution in [-0.2, 0) is 95.7 Å². The Labute approximate surface area is 563 Å². The lowest BCUT2D eigenvalue weighted by molar-refractivity contribution is -0.169. The van der Waals surface area contributed by atoms with E-state index in [-0.39, 0.29) is 110 Å². The molecule has 0 spiro atoms. The zero-order chi connectivity index (χ0) is 68.0. The Kier molecular flexibility index (Phi) is 26.0. The minimum Gasteiger partial charge on any atom is -0.482 e. The fourth-order valence-electron chi connectivity index (χ4n) is 17.2. The molecule has 0 amide bonds. The number of hydrogen-bond acceptors (Lipinski definition) is 18. The number of ether oxygens (including phenoxy) is 9. The number of hydrogen-bond donors (Lipinski definition) is 6. The molecule has 3 saturated heterocycles. The van der Waals surface area contributed by atoms with E-state index < -0.39 is 17.9 Å². The summed E-state index contributed by atoms with van der Waals surface area (Å²) in [5.74, 6) is 1.01. The third-order valence-electron chi connectivity index (χ3n) is 22.6. The normalized spacial score (nSPS) is 28.6. The van der Waals surface area contributed by atoms with Gasteiger partial charge in [-0.05, 0) is 240 Å². The van der Waals surface area contributed by atoms with Crippen molar-refractivity contribution in [1.29, 1.82) is 0 Å². The van der Waals surface area contributed by atoms with Gasteiger partial charge in [0.1, 0.15) is 41.5 Å². The zero-order valence-corrected chi connectivity index (χ0v) is 56.1. The molecule has 12 rings (SSSR count). The quantitative estimate of drug-likeness (QED) is 0.0306. The van der Waals surface area contributed by atoms with E-state index in [0.29, 0.717) is 92.4 Å². The molecule has 3 saturated carbocycles. The summed E-state index contributed by atoms with van der Waals surface area (Å²) in [6.07, 6.45) is 15.1. The molecule has 21 nitrogen and oxygen atoms in total. The Morgan fingerprint density at radius 2 is 0.750 bits per heavy atom. The van der Waals surface area contributed by atoms with Gasteiger partial charge < -0.3 is 73.3 Å². The molecule has 1 unspecified atom stereocenters. The van der Waals surface area contributed by atoms with Gasteiger partial charge in [0.15, 0.2) is 19.8 Å². The van der Waals surface area contributed by atoms with Crippen molar-refractivity contribution in [3.63, 3.8) is 0 Å². The number of rotatable bonds is 27. The number of aliphatic hydroxyl groups is 3. The molecule has 3 aliphatic heterocycles. The molecule has 0 aromatic heterocycles. The summed E-state index contributed by atoms with van der Waals surface area (Å²) in [6.45, 7) is 8.31. The molecule has 6 fully saturated rings. The average molecular weight is 1340 g/mol. The molecule has 6 N–H and O–H groups in total. The molecule has 0 radical (unpaired) electrons. The highest BCUT2D eigenvalue weighted by molar-refractivity contribution is 5.74. The summed E-state index contributed by atoms with van der Waals surface area (Å²) < 4.78 is 49.6. The summed E-state index contributed by atoms with van der Waals surface area (Å²) >= 11 is 0. The van der Waals surface area contributed by atoms with E-state index >= 15 is 0 Å². The molecule has 21 heteroatoms. The predicted molar refractivity (Wildman–Crippen MR) is 349 cm³/mol. The molecule has 16 atom stereocenters. The first-order valence-electron chi connectivity index (χ1n) is 35.6. The highest BCUT2D eigenvalue weighted by Gasteiger charge is 2.48. The van der Waals surface area contributed by atoms with E-state index in [1.807, 2.05) is 57.2 Å². The Balaban J connectivity index is 0.000000157. The average Bonchev–Trinajstić information content (AvgIpc) is 1.61. The minimum atomic E-state index is -0.987. The second kappa shape index (κ2) is 34.4. The van der Waals surface area contributed by atoms with Gasteiger partial charge in [-0.15, -0.1) is 0 Å². The van der Waals surface area contributed by atoms with Crippen molar-refractivity contribution in [3.05, 3.63) is 88.0 Å². The topological polar surface area (TPSA) is 307 Å². The smallest absolute Gasteiger partial charge is 0.341 e. The third kappa shape index (κ3) is 18.5. The Morgan fingerprint density at radius 3 is 1.06 bits per heavy atom. The first-order valence-corrected chi connectivity index (χ1v) is 35.6. The van der Waals surface area contributed by atoms with Crippen molar-refractivity contribution in [1.82, 2.24) is 0 Å². The van der Waals surface area contributed by atoms with Gasteiger partial charge in [0, 0.05) is 19.8 Å². The summed E-state index contributed by atoms with van der Waals surface area (Å²) in [5, 5.41) is 59.4. The van der Waals surface area contributed by atoms with Crippen LogP contribution in [0, 0.1) is 71.0 Å². The third-order valence-corrected chi connectivity index (χ3v) is 22.6. The summed E-state index contributed by atoms with van der Waals surface area (Å²) in [5.41, 5.74) is 6.82. The maximum atomic E-state index is 12.5. The molecule has 6 aliphatic carbocycles. The van der Waals surface area contributed by atoms with Gasteiger partial charge >= 0.3 is 35.8 Å². The number of carboxylic acid groups (broad SMARTS) is 3. The lowest BCUT2D eigenvalue weighted by atomic mass is 9.73. The van der Waals surface area contributed by atoms with Crippen molar-refractivity contribution in [2.24, 2.45) is 71.0 Å². The van der Waals surface area contributed by atoms with E-state index in [9.17, 15) is 44.1 Å².